The molecule has 0 aromatic carbocycles. The highest BCUT2D eigenvalue weighted by atomic mass is 35.5. The highest BCUT2D eigenvalue weighted by molar-refractivity contribution is 6.18. The Morgan fingerprint density at radius 3 is 2.50 bits per heavy atom. The van der Waals surface area contributed by atoms with Gasteiger partial charge in [-0.05, 0) is 13.8 Å². The van der Waals surface area contributed by atoms with E-state index < -0.39 is 6.10 Å². The SMILES string of the molecule is Cc1nn(C)c(C)c1[C@H](O)CCl. The van der Waals surface area contributed by atoms with Crippen molar-refractivity contribution in [2.45, 2.75) is 20.0 Å². The first-order chi connectivity index (χ1) is 5.57. The van der Waals surface area contributed by atoms with Crippen LogP contribution in [-0.4, -0.2) is 20.8 Å². The van der Waals surface area contributed by atoms with Crippen molar-refractivity contribution in [1.82, 2.24) is 9.78 Å². The average molecular weight is 189 g/mol. The second-order valence-electron chi connectivity index (χ2n) is 2.88. The van der Waals surface area contributed by atoms with Gasteiger partial charge >= 0.3 is 0 Å². The number of aliphatic hydroxyl groups is 1. The lowest BCUT2D eigenvalue weighted by Gasteiger charge is -2.06. The van der Waals surface area contributed by atoms with Gasteiger partial charge in [0.05, 0.1) is 17.7 Å². The van der Waals surface area contributed by atoms with E-state index in [0.29, 0.717) is 0 Å². The third-order valence-electron chi connectivity index (χ3n) is 2.04. The van der Waals surface area contributed by atoms with Gasteiger partial charge in [-0.25, -0.2) is 0 Å². The van der Waals surface area contributed by atoms with Gasteiger partial charge in [0.15, 0.2) is 0 Å². The molecule has 0 saturated heterocycles. The number of alkyl halides is 1. The van der Waals surface area contributed by atoms with Crippen LogP contribution >= 0.6 is 11.6 Å². The molecule has 12 heavy (non-hydrogen) atoms. The first-order valence-electron chi connectivity index (χ1n) is 3.82. The Morgan fingerprint density at radius 1 is 1.58 bits per heavy atom. The summed E-state index contributed by atoms with van der Waals surface area (Å²) >= 11 is 5.55. The minimum Gasteiger partial charge on any atom is -0.387 e. The zero-order valence-corrected chi connectivity index (χ0v) is 8.26. The van der Waals surface area contributed by atoms with Crippen LogP contribution in [0.5, 0.6) is 0 Å². The van der Waals surface area contributed by atoms with Gasteiger partial charge in [0.25, 0.3) is 0 Å². The van der Waals surface area contributed by atoms with E-state index in [9.17, 15) is 5.11 Å². The van der Waals surface area contributed by atoms with Crippen molar-refractivity contribution in [1.29, 1.82) is 0 Å². The Morgan fingerprint density at radius 2 is 2.17 bits per heavy atom. The maximum absolute atomic E-state index is 9.52. The summed E-state index contributed by atoms with van der Waals surface area (Å²) in [5, 5.41) is 13.7. The van der Waals surface area contributed by atoms with Crippen molar-refractivity contribution < 1.29 is 5.11 Å². The maximum atomic E-state index is 9.52. The number of hydrogen-bond acceptors (Lipinski definition) is 2. The molecule has 0 saturated carbocycles. The Balaban J connectivity index is 3.13. The molecule has 4 heteroatoms. The van der Waals surface area contributed by atoms with Crippen LogP contribution in [0.2, 0.25) is 0 Å². The molecule has 0 fully saturated rings. The molecule has 68 valence electrons. The van der Waals surface area contributed by atoms with Crippen molar-refractivity contribution in [2.75, 3.05) is 5.88 Å². The zero-order valence-electron chi connectivity index (χ0n) is 7.50. The van der Waals surface area contributed by atoms with E-state index in [2.05, 4.69) is 5.10 Å². The first kappa shape index (κ1) is 9.55. The van der Waals surface area contributed by atoms with Crippen LogP contribution in [0.1, 0.15) is 23.1 Å². The monoisotopic (exact) mass is 188 g/mol. The van der Waals surface area contributed by atoms with Crippen LogP contribution < -0.4 is 0 Å². The van der Waals surface area contributed by atoms with Gasteiger partial charge in [-0.3, -0.25) is 4.68 Å². The van der Waals surface area contributed by atoms with Gasteiger partial charge in [0, 0.05) is 18.3 Å². The molecule has 0 aliphatic carbocycles. The lowest BCUT2D eigenvalue weighted by Crippen LogP contribution is -2.02. The number of rotatable bonds is 2. The molecule has 0 aliphatic heterocycles. The van der Waals surface area contributed by atoms with Gasteiger partial charge in [0.2, 0.25) is 0 Å². The molecule has 1 N–H and O–H groups in total. The minimum absolute atomic E-state index is 0.216. The Kier molecular flexibility index (Phi) is 2.75. The fraction of sp³-hybridized carbons (Fsp3) is 0.625. The normalized spacial score (nSPS) is 13.4. The third-order valence-corrected chi connectivity index (χ3v) is 2.34. The second kappa shape index (κ2) is 3.46. The summed E-state index contributed by atoms with van der Waals surface area (Å²) in [6.45, 7) is 3.79. The Hall–Kier alpha value is -0.540. The topological polar surface area (TPSA) is 38.0 Å². The number of aliphatic hydroxyl groups excluding tert-OH is 1. The summed E-state index contributed by atoms with van der Waals surface area (Å²) in [4.78, 5) is 0. The van der Waals surface area contributed by atoms with Gasteiger partial charge in [-0.2, -0.15) is 5.10 Å². The van der Waals surface area contributed by atoms with Gasteiger partial charge in [-0.15, -0.1) is 11.6 Å². The molecule has 0 spiro atoms. The fourth-order valence-electron chi connectivity index (χ4n) is 1.35. The van der Waals surface area contributed by atoms with Crippen LogP contribution in [0, 0.1) is 13.8 Å². The molecule has 1 aromatic heterocycles. The summed E-state index contributed by atoms with van der Waals surface area (Å²) in [6, 6.07) is 0. The summed E-state index contributed by atoms with van der Waals surface area (Å²) in [7, 11) is 1.85. The molecule has 0 radical (unpaired) electrons. The third kappa shape index (κ3) is 1.47. The first-order valence-corrected chi connectivity index (χ1v) is 4.35. The number of nitrogens with zero attached hydrogens (tertiary/aromatic N) is 2. The summed E-state index contributed by atoms with van der Waals surface area (Å²) in [5.74, 6) is 0.216. The fourth-order valence-corrected chi connectivity index (χ4v) is 1.50. The lowest BCUT2D eigenvalue weighted by atomic mass is 10.1. The standard InChI is InChI=1S/C8H13ClN2O/c1-5-8(7(12)4-9)6(2)11(3)10-5/h7,12H,4H2,1-3H3/t7-/m1/s1. The lowest BCUT2D eigenvalue weighted by molar-refractivity contribution is 0.201. The number of aryl methyl sites for hydroxylation is 2. The predicted octanol–water partition coefficient (Wildman–Crippen LogP) is 1.31. The minimum atomic E-state index is -0.597. The van der Waals surface area contributed by atoms with E-state index in [-0.39, 0.29) is 5.88 Å². The van der Waals surface area contributed by atoms with Crippen molar-refractivity contribution in [3.05, 3.63) is 17.0 Å². The molecule has 0 amide bonds. The smallest absolute Gasteiger partial charge is 0.0960 e. The predicted molar refractivity (Wildman–Crippen MR) is 48.4 cm³/mol. The van der Waals surface area contributed by atoms with Crippen LogP contribution in [0.3, 0.4) is 0 Å². The molecule has 0 unspecified atom stereocenters. The van der Waals surface area contributed by atoms with E-state index in [0.717, 1.165) is 17.0 Å². The van der Waals surface area contributed by atoms with Crippen LogP contribution in [0.4, 0.5) is 0 Å². The number of aromatic nitrogens is 2. The Bertz CT molecular complexity index is 283. The molecule has 0 aliphatic rings. The van der Waals surface area contributed by atoms with Crippen molar-refractivity contribution in [3.63, 3.8) is 0 Å². The summed E-state index contributed by atoms with van der Waals surface area (Å²) in [6.07, 6.45) is -0.597. The van der Waals surface area contributed by atoms with Gasteiger partial charge in [0.1, 0.15) is 0 Å². The zero-order chi connectivity index (χ0) is 9.30. The maximum Gasteiger partial charge on any atom is 0.0960 e. The molecule has 0 bridgehead atoms. The molecule has 1 heterocycles. The van der Waals surface area contributed by atoms with Crippen molar-refractivity contribution in [3.8, 4) is 0 Å². The largest absolute Gasteiger partial charge is 0.387 e. The van der Waals surface area contributed by atoms with Crippen LogP contribution in [0.15, 0.2) is 0 Å². The molecule has 1 aromatic rings. The highest BCUT2D eigenvalue weighted by Gasteiger charge is 2.16. The molecule has 1 rings (SSSR count). The Labute approximate surface area is 77.0 Å². The van der Waals surface area contributed by atoms with Crippen LogP contribution in [0.25, 0.3) is 0 Å². The molecular weight excluding hydrogens is 176 g/mol. The van der Waals surface area contributed by atoms with E-state index in [1.807, 2.05) is 20.9 Å². The molecule has 1 atom stereocenters. The second-order valence-corrected chi connectivity index (χ2v) is 3.19. The van der Waals surface area contributed by atoms with Crippen LogP contribution in [-0.2, 0) is 7.05 Å². The van der Waals surface area contributed by atoms with E-state index >= 15 is 0 Å². The average Bonchev–Trinajstić information content (AvgIpc) is 2.26. The van der Waals surface area contributed by atoms with Gasteiger partial charge in [-0.1, -0.05) is 0 Å². The van der Waals surface area contributed by atoms with E-state index in [4.69, 9.17) is 11.6 Å². The number of hydrogen-bond donors (Lipinski definition) is 1. The van der Waals surface area contributed by atoms with E-state index in [1.54, 1.807) is 4.68 Å². The summed E-state index contributed by atoms with van der Waals surface area (Å²) < 4.78 is 1.75. The van der Waals surface area contributed by atoms with Crippen molar-refractivity contribution in [2.24, 2.45) is 7.05 Å². The molecular formula is C8H13ClN2O. The molecule has 3 nitrogen and oxygen atoms in total. The quantitative estimate of drug-likeness (QED) is 0.711. The van der Waals surface area contributed by atoms with Crippen molar-refractivity contribution >= 4 is 11.6 Å². The highest BCUT2D eigenvalue weighted by Crippen LogP contribution is 2.21. The summed E-state index contributed by atoms with van der Waals surface area (Å²) in [5.41, 5.74) is 2.68. The van der Waals surface area contributed by atoms with E-state index in [1.165, 1.54) is 0 Å². The van der Waals surface area contributed by atoms with Gasteiger partial charge < -0.3 is 5.11 Å². The number of halogens is 1.